The van der Waals surface area contributed by atoms with Gasteiger partial charge < -0.3 is 24.8 Å². The van der Waals surface area contributed by atoms with Crippen molar-refractivity contribution >= 4 is 18.0 Å². The normalized spacial score (nSPS) is 20.0. The van der Waals surface area contributed by atoms with Gasteiger partial charge in [-0.25, -0.2) is 9.59 Å². The minimum Gasteiger partial charge on any atom is -0.508 e. The van der Waals surface area contributed by atoms with E-state index in [1.807, 2.05) is 36.4 Å². The monoisotopic (exact) mass is 490 g/mol. The lowest BCUT2D eigenvalue weighted by molar-refractivity contribution is 0.0220. The number of hydrogen-bond donors (Lipinski definition) is 3. The number of fused-ring (bicyclic) bond motifs is 7. The first kappa shape index (κ1) is 21.3. The molecule has 4 aromatic rings. The molecular formula is C30H18O7. The van der Waals surface area contributed by atoms with Crippen molar-refractivity contribution in [2.75, 3.05) is 0 Å². The number of esters is 1. The smallest absolute Gasteiger partial charge is 0.343 e. The van der Waals surface area contributed by atoms with Crippen LogP contribution in [-0.4, -0.2) is 27.3 Å². The fourth-order valence-electron chi connectivity index (χ4n) is 5.85. The van der Waals surface area contributed by atoms with Gasteiger partial charge in [-0.05, 0) is 41.0 Å². The zero-order valence-electron chi connectivity index (χ0n) is 19.1. The standard InChI is InChI=1S/C30H18O7/c31-16-13-20(18-10-9-15-5-1-2-6-17(15)18)26-24(14-16)36-27-22(11-12-23(32)25(27)28(33)34)30(26)21-8-4-3-7-19(21)29(35)37-30/h1-14,18,31-32H,(H,33,34). The molecule has 7 rings (SSSR count). The van der Waals surface area contributed by atoms with Crippen LogP contribution in [0.1, 0.15) is 60.0 Å². The quantitative estimate of drug-likeness (QED) is 0.317. The summed E-state index contributed by atoms with van der Waals surface area (Å²) in [4.78, 5) is 25.4. The number of hydrogen-bond acceptors (Lipinski definition) is 6. The van der Waals surface area contributed by atoms with Crippen molar-refractivity contribution in [3.05, 3.63) is 123 Å². The Balaban J connectivity index is 1.62. The van der Waals surface area contributed by atoms with Gasteiger partial charge in [-0.2, -0.15) is 0 Å². The number of rotatable bonds is 2. The van der Waals surface area contributed by atoms with Crippen molar-refractivity contribution in [3.8, 4) is 23.0 Å². The van der Waals surface area contributed by atoms with Crippen LogP contribution in [0.4, 0.5) is 0 Å². The molecule has 0 saturated carbocycles. The maximum Gasteiger partial charge on any atom is 0.343 e. The van der Waals surface area contributed by atoms with Gasteiger partial charge in [-0.3, -0.25) is 0 Å². The van der Waals surface area contributed by atoms with Crippen LogP contribution < -0.4 is 4.74 Å². The Bertz CT molecular complexity index is 1720. The van der Waals surface area contributed by atoms with Crippen LogP contribution in [0, 0.1) is 0 Å². The minimum absolute atomic E-state index is 0.0974. The first-order valence-corrected chi connectivity index (χ1v) is 11.6. The first-order valence-electron chi connectivity index (χ1n) is 11.6. The second kappa shape index (κ2) is 7.24. The number of phenols is 2. The zero-order valence-corrected chi connectivity index (χ0v) is 19.1. The van der Waals surface area contributed by atoms with Gasteiger partial charge in [0.25, 0.3) is 0 Å². The van der Waals surface area contributed by atoms with Gasteiger partial charge in [-0.15, -0.1) is 0 Å². The number of carboxylic acids is 1. The highest BCUT2D eigenvalue weighted by Gasteiger charge is 2.56. The molecule has 2 aliphatic heterocycles. The summed E-state index contributed by atoms with van der Waals surface area (Å²) in [6.07, 6.45) is 4.00. The van der Waals surface area contributed by atoms with E-state index in [2.05, 4.69) is 0 Å². The van der Waals surface area contributed by atoms with E-state index >= 15 is 0 Å². The summed E-state index contributed by atoms with van der Waals surface area (Å²) in [5.41, 5.74) is 2.28. The molecule has 0 bridgehead atoms. The third kappa shape index (κ3) is 2.71. The van der Waals surface area contributed by atoms with E-state index in [9.17, 15) is 24.9 Å². The molecule has 7 nitrogen and oxygen atoms in total. The molecule has 180 valence electrons. The van der Waals surface area contributed by atoms with E-state index in [1.54, 1.807) is 30.3 Å². The Kier molecular flexibility index (Phi) is 4.16. The number of benzene rings is 4. The van der Waals surface area contributed by atoms with Crippen LogP contribution in [-0.2, 0) is 10.3 Å². The fourth-order valence-corrected chi connectivity index (χ4v) is 5.85. The summed E-state index contributed by atoms with van der Waals surface area (Å²) >= 11 is 0. The molecule has 3 aliphatic rings. The molecule has 3 N–H and O–H groups in total. The average Bonchev–Trinajstić information content (AvgIpc) is 3.43. The largest absolute Gasteiger partial charge is 0.508 e. The Hall–Kier alpha value is -5.04. The van der Waals surface area contributed by atoms with E-state index in [0.29, 0.717) is 22.3 Å². The number of phenolic OH excluding ortho intramolecular Hbond substituents is 1. The van der Waals surface area contributed by atoms with Crippen molar-refractivity contribution in [2.24, 2.45) is 0 Å². The van der Waals surface area contributed by atoms with Crippen molar-refractivity contribution in [3.63, 3.8) is 0 Å². The topological polar surface area (TPSA) is 113 Å². The molecule has 0 saturated heterocycles. The molecule has 2 heterocycles. The predicted molar refractivity (Wildman–Crippen MR) is 132 cm³/mol. The maximum atomic E-state index is 13.3. The molecule has 1 spiro atoms. The summed E-state index contributed by atoms with van der Waals surface area (Å²) in [6, 6.07) is 20.6. The highest BCUT2D eigenvalue weighted by Crippen LogP contribution is 2.60. The fraction of sp³-hybridized carbons (Fsp3) is 0.0667. The Morgan fingerprint density at radius 3 is 2.51 bits per heavy atom. The SMILES string of the molecule is O=C1OC2(c3ccccc31)c1ccc(O)c(C(=O)O)c1Oc1cc(O)cc(C3C=Cc4ccccc43)c12. The van der Waals surface area contributed by atoms with E-state index < -0.39 is 28.9 Å². The molecular weight excluding hydrogens is 472 g/mol. The minimum atomic E-state index is -1.57. The molecule has 1 aliphatic carbocycles. The molecule has 0 aromatic heterocycles. The molecule has 4 aromatic carbocycles. The van der Waals surface area contributed by atoms with Crippen molar-refractivity contribution < 1.29 is 34.4 Å². The van der Waals surface area contributed by atoms with Crippen LogP contribution in [0.25, 0.3) is 6.08 Å². The number of carbonyl (C=O) groups excluding carboxylic acids is 1. The summed E-state index contributed by atoms with van der Waals surface area (Å²) in [6.45, 7) is 0. The van der Waals surface area contributed by atoms with Gasteiger partial charge >= 0.3 is 11.9 Å². The Morgan fingerprint density at radius 1 is 0.892 bits per heavy atom. The molecule has 0 radical (unpaired) electrons. The first-order chi connectivity index (χ1) is 17.9. The third-order valence-corrected chi connectivity index (χ3v) is 7.32. The lowest BCUT2D eigenvalue weighted by atomic mass is 9.72. The Morgan fingerprint density at radius 2 is 1.68 bits per heavy atom. The summed E-state index contributed by atoms with van der Waals surface area (Å²) in [5.74, 6) is -2.86. The number of carboxylic acid groups (broad SMARTS) is 1. The molecule has 7 heteroatoms. The number of aromatic hydroxyl groups is 2. The second-order valence-corrected chi connectivity index (χ2v) is 9.23. The van der Waals surface area contributed by atoms with E-state index in [1.165, 1.54) is 18.2 Å². The Labute approximate surface area is 210 Å². The molecule has 0 fully saturated rings. The molecule has 2 atom stereocenters. The van der Waals surface area contributed by atoms with Gasteiger partial charge in [0.15, 0.2) is 11.4 Å². The van der Waals surface area contributed by atoms with Gasteiger partial charge in [0.1, 0.15) is 22.8 Å². The van der Waals surface area contributed by atoms with Gasteiger partial charge in [0, 0.05) is 23.1 Å². The van der Waals surface area contributed by atoms with Crippen LogP contribution in [0.3, 0.4) is 0 Å². The van der Waals surface area contributed by atoms with Crippen molar-refractivity contribution in [1.29, 1.82) is 0 Å². The molecule has 37 heavy (non-hydrogen) atoms. The van der Waals surface area contributed by atoms with Gasteiger partial charge in [-0.1, -0.05) is 54.6 Å². The lowest BCUT2D eigenvalue weighted by Gasteiger charge is -2.39. The number of carbonyl (C=O) groups is 2. The average molecular weight is 490 g/mol. The molecule has 0 amide bonds. The van der Waals surface area contributed by atoms with Crippen molar-refractivity contribution in [2.45, 2.75) is 11.5 Å². The number of allylic oxidation sites excluding steroid dienone is 1. The van der Waals surface area contributed by atoms with Gasteiger partial charge in [0.05, 0.1) is 11.1 Å². The zero-order chi connectivity index (χ0) is 25.5. The third-order valence-electron chi connectivity index (χ3n) is 7.32. The van der Waals surface area contributed by atoms with Crippen LogP contribution in [0.15, 0.2) is 78.9 Å². The summed E-state index contributed by atoms with van der Waals surface area (Å²) < 4.78 is 12.4. The number of aromatic carboxylic acids is 1. The summed E-state index contributed by atoms with van der Waals surface area (Å²) in [5, 5.41) is 31.1. The van der Waals surface area contributed by atoms with Crippen molar-refractivity contribution in [1.82, 2.24) is 0 Å². The number of ether oxygens (including phenoxy) is 2. The second-order valence-electron chi connectivity index (χ2n) is 9.23. The van der Waals surface area contributed by atoms with Crippen LogP contribution in [0.5, 0.6) is 23.0 Å². The highest BCUT2D eigenvalue weighted by atomic mass is 16.6. The maximum absolute atomic E-state index is 13.3. The van der Waals surface area contributed by atoms with E-state index in [0.717, 1.165) is 11.1 Å². The highest BCUT2D eigenvalue weighted by molar-refractivity contribution is 5.99. The molecule has 2 unspecified atom stereocenters. The van der Waals surface area contributed by atoms with E-state index in [4.69, 9.17) is 9.47 Å². The van der Waals surface area contributed by atoms with E-state index in [-0.39, 0.29) is 28.7 Å². The van der Waals surface area contributed by atoms with Crippen LogP contribution in [0.2, 0.25) is 0 Å². The predicted octanol–water partition coefficient (Wildman–Crippen LogP) is 5.52. The van der Waals surface area contributed by atoms with Gasteiger partial charge in [0.2, 0.25) is 0 Å². The summed E-state index contributed by atoms with van der Waals surface area (Å²) in [7, 11) is 0. The lowest BCUT2D eigenvalue weighted by Crippen LogP contribution is -2.35. The van der Waals surface area contributed by atoms with Crippen LogP contribution >= 0.6 is 0 Å².